The first-order chi connectivity index (χ1) is 9.06. The maximum absolute atomic E-state index is 13.0. The second-order valence-corrected chi connectivity index (χ2v) is 4.13. The van der Waals surface area contributed by atoms with E-state index < -0.39 is 11.6 Å². The first-order valence-corrected chi connectivity index (χ1v) is 5.78. The zero-order valence-electron chi connectivity index (χ0n) is 9.65. The zero-order valence-corrected chi connectivity index (χ0v) is 10.5. The van der Waals surface area contributed by atoms with Crippen LogP contribution in [0.2, 0.25) is 0 Å². The number of rotatable bonds is 2. The second-order valence-electron chi connectivity index (χ2n) is 3.73. The van der Waals surface area contributed by atoms with Gasteiger partial charge >= 0.3 is 0 Å². The van der Waals surface area contributed by atoms with E-state index in [-0.39, 0.29) is 10.9 Å². The Morgan fingerprint density at radius 2 is 1.74 bits per heavy atom. The highest BCUT2D eigenvalue weighted by Gasteiger charge is 2.05. The van der Waals surface area contributed by atoms with Crippen LogP contribution >= 0.6 is 12.2 Å². The maximum atomic E-state index is 13.0. The molecule has 0 aromatic heterocycles. The van der Waals surface area contributed by atoms with Gasteiger partial charge in [-0.2, -0.15) is 0 Å². The molecule has 0 aliphatic carbocycles. The minimum atomic E-state index is -0.963. The van der Waals surface area contributed by atoms with Crippen molar-refractivity contribution in [3.63, 3.8) is 0 Å². The number of para-hydroxylation sites is 2. The molecule has 0 saturated carbocycles. The van der Waals surface area contributed by atoms with Gasteiger partial charge in [0.1, 0.15) is 5.75 Å². The number of aromatic hydroxyl groups is 1. The van der Waals surface area contributed by atoms with E-state index in [2.05, 4.69) is 10.6 Å². The normalized spacial score (nSPS) is 10.0. The van der Waals surface area contributed by atoms with E-state index >= 15 is 0 Å². The van der Waals surface area contributed by atoms with Crippen LogP contribution in [-0.2, 0) is 0 Å². The molecule has 2 rings (SSSR count). The lowest BCUT2D eigenvalue weighted by molar-refractivity contribution is 0.478. The number of halogens is 2. The lowest BCUT2D eigenvalue weighted by Crippen LogP contribution is -2.19. The minimum absolute atomic E-state index is 0.0388. The number of thiocarbonyl (C=S) groups is 1. The number of hydrogen-bond donors (Lipinski definition) is 3. The molecule has 3 nitrogen and oxygen atoms in total. The molecule has 0 aliphatic heterocycles. The molecule has 0 aliphatic rings. The van der Waals surface area contributed by atoms with Gasteiger partial charge in [0.15, 0.2) is 16.7 Å². The van der Waals surface area contributed by atoms with Gasteiger partial charge in [0, 0.05) is 11.8 Å². The lowest BCUT2D eigenvalue weighted by atomic mass is 10.3. The highest BCUT2D eigenvalue weighted by molar-refractivity contribution is 7.80. The second kappa shape index (κ2) is 5.62. The van der Waals surface area contributed by atoms with Crippen LogP contribution in [0.3, 0.4) is 0 Å². The number of benzene rings is 2. The van der Waals surface area contributed by atoms with Crippen LogP contribution in [0.15, 0.2) is 42.5 Å². The molecule has 0 atom stereocenters. The standard InChI is InChI=1S/C13H10F2N2OS/c14-9-6-5-8(7-10(9)15)16-13(19)17-11-3-1-2-4-12(11)18/h1-7,18H,(H2,16,17,19). The van der Waals surface area contributed by atoms with Crippen molar-refractivity contribution in [3.05, 3.63) is 54.1 Å². The summed E-state index contributed by atoms with van der Waals surface area (Å²) in [7, 11) is 0. The molecule has 0 spiro atoms. The van der Waals surface area contributed by atoms with Gasteiger partial charge < -0.3 is 15.7 Å². The molecule has 3 N–H and O–H groups in total. The van der Waals surface area contributed by atoms with Gasteiger partial charge in [-0.3, -0.25) is 0 Å². The fourth-order valence-electron chi connectivity index (χ4n) is 1.44. The van der Waals surface area contributed by atoms with Crippen LogP contribution in [-0.4, -0.2) is 10.2 Å². The zero-order chi connectivity index (χ0) is 13.8. The van der Waals surface area contributed by atoms with Gasteiger partial charge in [-0.05, 0) is 36.5 Å². The molecule has 0 fully saturated rings. The van der Waals surface area contributed by atoms with Gasteiger partial charge in [-0.1, -0.05) is 12.1 Å². The van der Waals surface area contributed by atoms with Crippen LogP contribution in [0.5, 0.6) is 5.75 Å². The van der Waals surface area contributed by atoms with Crippen LogP contribution in [0, 0.1) is 11.6 Å². The van der Waals surface area contributed by atoms with Crippen molar-refractivity contribution in [2.45, 2.75) is 0 Å². The highest BCUT2D eigenvalue weighted by atomic mass is 32.1. The van der Waals surface area contributed by atoms with E-state index in [0.29, 0.717) is 11.4 Å². The third-order valence-electron chi connectivity index (χ3n) is 2.33. The fourth-order valence-corrected chi connectivity index (χ4v) is 1.67. The molecule has 19 heavy (non-hydrogen) atoms. The van der Waals surface area contributed by atoms with Crippen molar-refractivity contribution in [1.82, 2.24) is 0 Å². The minimum Gasteiger partial charge on any atom is -0.506 e. The van der Waals surface area contributed by atoms with E-state index in [0.717, 1.165) is 12.1 Å². The predicted octanol–water partition coefficient (Wildman–Crippen LogP) is 3.48. The number of anilines is 2. The maximum Gasteiger partial charge on any atom is 0.175 e. The summed E-state index contributed by atoms with van der Waals surface area (Å²) in [6.07, 6.45) is 0. The van der Waals surface area contributed by atoms with Crippen LogP contribution < -0.4 is 10.6 Å². The van der Waals surface area contributed by atoms with Crippen LogP contribution in [0.25, 0.3) is 0 Å². The van der Waals surface area contributed by atoms with Gasteiger partial charge in [-0.25, -0.2) is 8.78 Å². The largest absolute Gasteiger partial charge is 0.506 e. The van der Waals surface area contributed by atoms with Crippen LogP contribution in [0.4, 0.5) is 20.2 Å². The monoisotopic (exact) mass is 280 g/mol. The quantitative estimate of drug-likeness (QED) is 0.582. The molecule has 2 aromatic rings. The van der Waals surface area contributed by atoms with Gasteiger partial charge in [0.2, 0.25) is 0 Å². The molecule has 0 unspecified atom stereocenters. The number of hydrogen-bond acceptors (Lipinski definition) is 2. The van der Waals surface area contributed by atoms with Crippen molar-refractivity contribution in [2.24, 2.45) is 0 Å². The first kappa shape index (κ1) is 13.2. The van der Waals surface area contributed by atoms with Crippen LogP contribution in [0.1, 0.15) is 0 Å². The Morgan fingerprint density at radius 3 is 2.42 bits per heavy atom. The Balaban J connectivity index is 2.05. The first-order valence-electron chi connectivity index (χ1n) is 5.37. The van der Waals surface area contributed by atoms with Crippen molar-refractivity contribution < 1.29 is 13.9 Å². The summed E-state index contributed by atoms with van der Waals surface area (Å²) in [6.45, 7) is 0. The Hall–Kier alpha value is -2.21. The van der Waals surface area contributed by atoms with E-state index in [1.54, 1.807) is 18.2 Å². The highest BCUT2D eigenvalue weighted by Crippen LogP contribution is 2.22. The van der Waals surface area contributed by atoms with E-state index in [1.165, 1.54) is 12.1 Å². The summed E-state index contributed by atoms with van der Waals surface area (Å²) >= 11 is 5.00. The van der Waals surface area contributed by atoms with Gasteiger partial charge in [0.05, 0.1) is 5.69 Å². The molecule has 0 saturated heterocycles. The summed E-state index contributed by atoms with van der Waals surface area (Å²) in [5.74, 6) is -1.85. The number of phenols is 1. The fraction of sp³-hybridized carbons (Fsp3) is 0. The summed E-state index contributed by atoms with van der Waals surface area (Å²) in [5, 5.41) is 15.1. The third kappa shape index (κ3) is 3.38. The number of phenolic OH excluding ortho intramolecular Hbond substituents is 1. The van der Waals surface area contributed by atoms with Crippen molar-refractivity contribution in [3.8, 4) is 5.75 Å². The SMILES string of the molecule is Oc1ccccc1NC(=S)Nc1ccc(F)c(F)c1. The Morgan fingerprint density at radius 1 is 1.00 bits per heavy atom. The van der Waals surface area contributed by atoms with E-state index in [9.17, 15) is 13.9 Å². The summed E-state index contributed by atoms with van der Waals surface area (Å²) < 4.78 is 25.8. The predicted molar refractivity (Wildman–Crippen MR) is 74.3 cm³/mol. The number of nitrogens with one attached hydrogen (secondary N) is 2. The summed E-state index contributed by atoms with van der Waals surface area (Å²) in [5.41, 5.74) is 0.731. The van der Waals surface area contributed by atoms with E-state index in [4.69, 9.17) is 12.2 Å². The molecule has 0 heterocycles. The molecule has 0 bridgehead atoms. The molecule has 98 valence electrons. The average molecular weight is 280 g/mol. The van der Waals surface area contributed by atoms with E-state index in [1.807, 2.05) is 0 Å². The Labute approximate surface area is 113 Å². The van der Waals surface area contributed by atoms with Crippen molar-refractivity contribution >= 4 is 28.7 Å². The van der Waals surface area contributed by atoms with Crippen molar-refractivity contribution in [2.75, 3.05) is 10.6 Å². The Kier molecular flexibility index (Phi) is 3.91. The molecule has 6 heteroatoms. The molecule has 2 aromatic carbocycles. The molecule has 0 amide bonds. The smallest absolute Gasteiger partial charge is 0.175 e. The summed E-state index contributed by atoms with van der Waals surface area (Å²) in [4.78, 5) is 0. The van der Waals surface area contributed by atoms with Crippen molar-refractivity contribution in [1.29, 1.82) is 0 Å². The topological polar surface area (TPSA) is 44.3 Å². The lowest BCUT2D eigenvalue weighted by Gasteiger charge is -2.11. The average Bonchev–Trinajstić information content (AvgIpc) is 2.37. The third-order valence-corrected chi connectivity index (χ3v) is 2.53. The molecular weight excluding hydrogens is 270 g/mol. The molecular formula is C13H10F2N2OS. The summed E-state index contributed by atoms with van der Waals surface area (Å²) in [6, 6.07) is 9.89. The van der Waals surface area contributed by atoms with Gasteiger partial charge in [0.25, 0.3) is 0 Å². The van der Waals surface area contributed by atoms with Gasteiger partial charge in [-0.15, -0.1) is 0 Å². The molecule has 0 radical (unpaired) electrons. The Bertz CT molecular complexity index is 619.